The number of amides is 1. The van der Waals surface area contributed by atoms with Crippen LogP contribution >= 0.6 is 0 Å². The number of carbonyl (C=O) groups excluding carboxylic acids is 1. The van der Waals surface area contributed by atoms with E-state index in [-0.39, 0.29) is 29.7 Å². The summed E-state index contributed by atoms with van der Waals surface area (Å²) in [6.07, 6.45) is 0.882. The maximum atomic E-state index is 13.7. The van der Waals surface area contributed by atoms with Gasteiger partial charge in [-0.05, 0) is 12.1 Å². The van der Waals surface area contributed by atoms with Gasteiger partial charge in [-0.15, -0.1) is 0 Å². The lowest BCUT2D eigenvalue weighted by Gasteiger charge is -2.26. The molecule has 0 spiro atoms. The molecule has 0 aromatic carbocycles. The minimum absolute atomic E-state index is 0.0266. The van der Waals surface area contributed by atoms with E-state index in [1.54, 1.807) is 4.90 Å². The molecule has 2 saturated heterocycles. The van der Waals surface area contributed by atoms with Gasteiger partial charge in [0.25, 0.3) is 5.91 Å². The van der Waals surface area contributed by atoms with Crippen molar-refractivity contribution < 1.29 is 41.7 Å². The molecule has 0 aliphatic carbocycles. The maximum Gasteiger partial charge on any atom is 0.490 e. The van der Waals surface area contributed by atoms with Gasteiger partial charge in [0.05, 0.1) is 31.4 Å². The zero-order chi connectivity index (χ0) is 23.4. The number of carbonyl (C=O) groups is 2. The SMILES string of the molecule is O=C(O)C(F)(F)F.O=C(c1cnccn1)N1C[C@@H]2COC[C@]2(COc2ncccc2F)C1. The number of rotatable bonds is 4. The number of hydrogen-bond acceptors (Lipinski definition) is 7. The second-order valence-corrected chi connectivity index (χ2v) is 7.23. The Bertz CT molecular complexity index is 962. The summed E-state index contributed by atoms with van der Waals surface area (Å²) in [6, 6.07) is 2.82. The van der Waals surface area contributed by atoms with E-state index in [4.69, 9.17) is 19.4 Å². The van der Waals surface area contributed by atoms with Crippen LogP contribution in [0.25, 0.3) is 0 Å². The van der Waals surface area contributed by atoms with Crippen LogP contribution in [-0.4, -0.2) is 75.9 Å². The molecule has 4 rings (SSSR count). The Morgan fingerprint density at radius 1 is 1.28 bits per heavy atom. The molecule has 0 saturated carbocycles. The van der Waals surface area contributed by atoms with Gasteiger partial charge in [-0.3, -0.25) is 9.78 Å². The van der Waals surface area contributed by atoms with Crippen LogP contribution in [0, 0.1) is 17.2 Å². The zero-order valence-corrected chi connectivity index (χ0v) is 16.5. The first-order chi connectivity index (χ1) is 15.1. The van der Waals surface area contributed by atoms with Crippen LogP contribution in [-0.2, 0) is 9.53 Å². The van der Waals surface area contributed by atoms with E-state index in [2.05, 4.69) is 15.0 Å². The lowest BCUT2D eigenvalue weighted by atomic mass is 9.82. The number of aliphatic carboxylic acids is 1. The van der Waals surface area contributed by atoms with Crippen LogP contribution in [0.4, 0.5) is 17.6 Å². The first kappa shape index (κ1) is 23.3. The highest BCUT2D eigenvalue weighted by Crippen LogP contribution is 2.42. The lowest BCUT2D eigenvalue weighted by molar-refractivity contribution is -0.192. The summed E-state index contributed by atoms with van der Waals surface area (Å²) in [5.41, 5.74) is -0.0443. The average molecular weight is 458 g/mol. The molecule has 2 aliphatic heterocycles. The molecule has 1 amide bonds. The fourth-order valence-electron chi connectivity index (χ4n) is 3.45. The third kappa shape index (κ3) is 5.28. The number of pyridine rings is 1. The van der Waals surface area contributed by atoms with Gasteiger partial charge in [-0.25, -0.2) is 19.2 Å². The molecule has 13 heteroatoms. The molecule has 1 N–H and O–H groups in total. The molecule has 32 heavy (non-hydrogen) atoms. The van der Waals surface area contributed by atoms with Gasteiger partial charge in [-0.1, -0.05) is 0 Å². The first-order valence-corrected chi connectivity index (χ1v) is 9.29. The van der Waals surface area contributed by atoms with Crippen LogP contribution in [0.15, 0.2) is 36.9 Å². The van der Waals surface area contributed by atoms with Crippen LogP contribution in [0.2, 0.25) is 0 Å². The molecule has 0 unspecified atom stereocenters. The molecule has 0 bridgehead atoms. The van der Waals surface area contributed by atoms with Gasteiger partial charge in [0.1, 0.15) is 5.69 Å². The second-order valence-electron chi connectivity index (χ2n) is 7.23. The number of hydrogen-bond donors (Lipinski definition) is 1. The van der Waals surface area contributed by atoms with E-state index in [1.165, 1.54) is 36.9 Å². The summed E-state index contributed by atoms with van der Waals surface area (Å²) in [5.74, 6) is -3.31. The van der Waals surface area contributed by atoms with E-state index in [1.807, 2.05) is 0 Å². The number of aromatic nitrogens is 3. The number of ether oxygens (including phenoxy) is 2. The van der Waals surface area contributed by atoms with Crippen LogP contribution < -0.4 is 4.74 Å². The highest BCUT2D eigenvalue weighted by molar-refractivity contribution is 5.92. The van der Waals surface area contributed by atoms with E-state index in [9.17, 15) is 22.4 Å². The van der Waals surface area contributed by atoms with Gasteiger partial charge in [0.15, 0.2) is 5.82 Å². The van der Waals surface area contributed by atoms with Crippen LogP contribution in [0.1, 0.15) is 10.5 Å². The van der Waals surface area contributed by atoms with Crippen molar-refractivity contribution in [3.8, 4) is 5.88 Å². The predicted molar refractivity (Wildman–Crippen MR) is 98.1 cm³/mol. The van der Waals surface area contributed by atoms with Crippen molar-refractivity contribution >= 4 is 11.9 Å². The molecular formula is C19H18F4N4O5. The minimum Gasteiger partial charge on any atom is -0.475 e. The monoisotopic (exact) mass is 458 g/mol. The molecule has 2 aromatic rings. The number of nitrogens with zero attached hydrogens (tertiary/aromatic N) is 4. The highest BCUT2D eigenvalue weighted by atomic mass is 19.4. The van der Waals surface area contributed by atoms with Gasteiger partial charge in [0, 0.05) is 37.6 Å². The minimum atomic E-state index is -5.08. The summed E-state index contributed by atoms with van der Waals surface area (Å²) in [7, 11) is 0. The average Bonchev–Trinajstić information content (AvgIpc) is 3.30. The zero-order valence-electron chi connectivity index (χ0n) is 16.5. The number of carboxylic acid groups (broad SMARTS) is 1. The molecule has 2 atom stereocenters. The fourth-order valence-corrected chi connectivity index (χ4v) is 3.45. The number of fused-ring (bicyclic) bond motifs is 1. The molecule has 2 aliphatic rings. The predicted octanol–water partition coefficient (Wildman–Crippen LogP) is 1.81. The Hall–Kier alpha value is -3.35. The smallest absolute Gasteiger partial charge is 0.475 e. The summed E-state index contributed by atoms with van der Waals surface area (Å²) in [5, 5.41) is 7.12. The number of likely N-dealkylation sites (tertiary alicyclic amines) is 1. The molecule has 2 fully saturated rings. The van der Waals surface area contributed by atoms with Gasteiger partial charge in [-0.2, -0.15) is 13.2 Å². The molecule has 2 aromatic heterocycles. The Labute approximate surface area is 179 Å². The highest BCUT2D eigenvalue weighted by Gasteiger charge is 2.52. The standard InChI is InChI=1S/C17H17FN4O3.C2HF3O2/c18-13-2-1-3-21-15(13)25-11-17-9-22(7-12(17)8-24-10-17)16(23)14-6-19-4-5-20-14;3-2(4,5)1(6)7/h1-6,12H,7-11H2;(H,6,7)/t12-,17+;/m1./s1. The van der Waals surface area contributed by atoms with Crippen molar-refractivity contribution in [2.45, 2.75) is 6.18 Å². The molecule has 9 nitrogen and oxygen atoms in total. The van der Waals surface area contributed by atoms with E-state index in [0.29, 0.717) is 32.0 Å². The molecule has 0 radical (unpaired) electrons. The van der Waals surface area contributed by atoms with Crippen molar-refractivity contribution in [3.63, 3.8) is 0 Å². The van der Waals surface area contributed by atoms with Crippen molar-refractivity contribution in [2.75, 3.05) is 32.9 Å². The van der Waals surface area contributed by atoms with Crippen molar-refractivity contribution in [1.82, 2.24) is 19.9 Å². The Kier molecular flexibility index (Phi) is 6.87. The Morgan fingerprint density at radius 2 is 2.03 bits per heavy atom. The van der Waals surface area contributed by atoms with Crippen LogP contribution in [0.5, 0.6) is 5.88 Å². The molecule has 4 heterocycles. The fraction of sp³-hybridized carbons (Fsp3) is 0.421. The summed E-state index contributed by atoms with van der Waals surface area (Å²) < 4.78 is 56.7. The third-order valence-corrected chi connectivity index (χ3v) is 5.05. The van der Waals surface area contributed by atoms with Crippen molar-refractivity contribution in [3.05, 3.63) is 48.4 Å². The summed E-state index contributed by atoms with van der Waals surface area (Å²) in [4.78, 5) is 35.2. The van der Waals surface area contributed by atoms with Crippen LogP contribution in [0.3, 0.4) is 0 Å². The molecule has 172 valence electrons. The second kappa shape index (κ2) is 9.42. The third-order valence-electron chi connectivity index (χ3n) is 5.05. The lowest BCUT2D eigenvalue weighted by Crippen LogP contribution is -2.38. The largest absolute Gasteiger partial charge is 0.490 e. The number of alkyl halides is 3. The summed E-state index contributed by atoms with van der Waals surface area (Å²) in [6.45, 7) is 2.30. The number of carboxylic acids is 1. The van der Waals surface area contributed by atoms with Crippen molar-refractivity contribution in [2.24, 2.45) is 11.3 Å². The summed E-state index contributed by atoms with van der Waals surface area (Å²) >= 11 is 0. The Balaban J connectivity index is 0.000000360. The Morgan fingerprint density at radius 3 is 2.66 bits per heavy atom. The van der Waals surface area contributed by atoms with Gasteiger partial charge < -0.3 is 19.5 Å². The van der Waals surface area contributed by atoms with Gasteiger partial charge in [0.2, 0.25) is 5.88 Å². The van der Waals surface area contributed by atoms with Gasteiger partial charge >= 0.3 is 12.1 Å². The number of halogens is 4. The quantitative estimate of drug-likeness (QED) is 0.690. The van der Waals surface area contributed by atoms with E-state index in [0.717, 1.165) is 0 Å². The molecular weight excluding hydrogens is 440 g/mol. The maximum absolute atomic E-state index is 13.7. The normalized spacial score (nSPS) is 22.0. The topological polar surface area (TPSA) is 115 Å². The van der Waals surface area contributed by atoms with E-state index >= 15 is 0 Å². The van der Waals surface area contributed by atoms with E-state index < -0.39 is 18.0 Å². The first-order valence-electron chi connectivity index (χ1n) is 9.29. The van der Waals surface area contributed by atoms with Crippen molar-refractivity contribution in [1.29, 1.82) is 0 Å².